The first-order valence-corrected chi connectivity index (χ1v) is 7.34. The Morgan fingerprint density at radius 3 is 3.05 bits per heavy atom. The molecule has 0 aliphatic carbocycles. The molecule has 104 valence electrons. The molecule has 0 bridgehead atoms. The van der Waals surface area contributed by atoms with Gasteiger partial charge in [-0.05, 0) is 25.5 Å². The number of rotatable bonds is 4. The lowest BCUT2D eigenvalue weighted by molar-refractivity contribution is 0.190. The highest BCUT2D eigenvalue weighted by atomic mass is 32.1. The predicted octanol–water partition coefficient (Wildman–Crippen LogP) is 3.34. The van der Waals surface area contributed by atoms with Gasteiger partial charge in [-0.1, -0.05) is 12.1 Å². The fraction of sp³-hybridized carbons (Fsp3) is 0.267. The molecule has 4 nitrogen and oxygen atoms in total. The fourth-order valence-corrected chi connectivity index (χ4v) is 2.83. The van der Waals surface area contributed by atoms with E-state index in [4.69, 9.17) is 4.74 Å². The molecular weight excluding hydrogens is 272 g/mol. The van der Waals surface area contributed by atoms with Crippen LogP contribution in [0.5, 0.6) is 5.75 Å². The Kier molecular flexibility index (Phi) is 3.46. The monoisotopic (exact) mass is 288 g/mol. The highest BCUT2D eigenvalue weighted by molar-refractivity contribution is 7.15. The molecule has 3 aromatic rings. The van der Waals surface area contributed by atoms with Gasteiger partial charge in [0, 0.05) is 23.3 Å². The SMILES string of the molecule is Cc1ccc([C@H](C)O)c(OCc2cn3ccsc3n2)c1. The van der Waals surface area contributed by atoms with Crippen LogP contribution in [0, 0.1) is 6.92 Å². The Morgan fingerprint density at radius 1 is 1.45 bits per heavy atom. The van der Waals surface area contributed by atoms with Gasteiger partial charge in [-0.15, -0.1) is 11.3 Å². The van der Waals surface area contributed by atoms with Crippen molar-refractivity contribution >= 4 is 16.3 Å². The van der Waals surface area contributed by atoms with Crippen LogP contribution < -0.4 is 4.74 Å². The Morgan fingerprint density at radius 2 is 2.30 bits per heavy atom. The lowest BCUT2D eigenvalue weighted by atomic mass is 10.1. The third kappa shape index (κ3) is 2.55. The van der Waals surface area contributed by atoms with Crippen LogP contribution in [-0.2, 0) is 6.61 Å². The van der Waals surface area contributed by atoms with Gasteiger partial charge in [-0.2, -0.15) is 0 Å². The predicted molar refractivity (Wildman–Crippen MR) is 79.2 cm³/mol. The standard InChI is InChI=1S/C15H16N2O2S/c1-10-3-4-13(11(2)18)14(7-10)19-9-12-8-17-5-6-20-15(17)16-12/h3-8,11,18H,9H2,1-2H3/t11-/m0/s1. The minimum absolute atomic E-state index is 0.400. The van der Waals surface area contributed by atoms with Crippen LogP contribution in [0.4, 0.5) is 0 Å². The molecule has 0 saturated heterocycles. The van der Waals surface area contributed by atoms with Gasteiger partial charge in [0.1, 0.15) is 12.4 Å². The molecule has 0 fully saturated rings. The van der Waals surface area contributed by atoms with Gasteiger partial charge in [0.15, 0.2) is 4.96 Å². The van der Waals surface area contributed by atoms with Crippen LogP contribution in [0.15, 0.2) is 36.0 Å². The number of aromatic nitrogens is 2. The third-order valence-corrected chi connectivity index (χ3v) is 3.91. The molecule has 0 aliphatic rings. The zero-order valence-corrected chi connectivity index (χ0v) is 12.2. The molecule has 0 spiro atoms. The maximum Gasteiger partial charge on any atom is 0.193 e. The summed E-state index contributed by atoms with van der Waals surface area (Å²) in [6, 6.07) is 5.82. The summed E-state index contributed by atoms with van der Waals surface area (Å²) < 4.78 is 7.81. The highest BCUT2D eigenvalue weighted by Gasteiger charge is 2.10. The van der Waals surface area contributed by atoms with Gasteiger partial charge in [-0.25, -0.2) is 4.98 Å². The summed E-state index contributed by atoms with van der Waals surface area (Å²) in [7, 11) is 0. The van der Waals surface area contributed by atoms with Crippen LogP contribution >= 0.6 is 11.3 Å². The zero-order valence-electron chi connectivity index (χ0n) is 11.4. The summed E-state index contributed by atoms with van der Waals surface area (Å²) in [5.74, 6) is 0.719. The number of ether oxygens (including phenoxy) is 1. The molecule has 20 heavy (non-hydrogen) atoms. The van der Waals surface area contributed by atoms with E-state index in [1.807, 2.05) is 47.3 Å². The van der Waals surface area contributed by atoms with Gasteiger partial charge in [0.05, 0.1) is 11.8 Å². The summed E-state index contributed by atoms with van der Waals surface area (Å²) in [4.78, 5) is 5.44. The van der Waals surface area contributed by atoms with Crippen LogP contribution in [0.25, 0.3) is 4.96 Å². The van der Waals surface area contributed by atoms with Crippen molar-refractivity contribution in [1.82, 2.24) is 9.38 Å². The number of benzene rings is 1. The smallest absolute Gasteiger partial charge is 0.193 e. The van der Waals surface area contributed by atoms with Gasteiger partial charge < -0.3 is 9.84 Å². The van der Waals surface area contributed by atoms with Crippen molar-refractivity contribution in [3.63, 3.8) is 0 Å². The molecule has 0 saturated carbocycles. The lowest BCUT2D eigenvalue weighted by Gasteiger charge is -2.13. The molecule has 0 unspecified atom stereocenters. The lowest BCUT2D eigenvalue weighted by Crippen LogP contribution is -2.01. The second-order valence-corrected chi connectivity index (χ2v) is 5.70. The normalized spacial score (nSPS) is 12.8. The van der Waals surface area contributed by atoms with Crippen molar-refractivity contribution in [3.05, 3.63) is 52.8 Å². The Bertz CT molecular complexity index is 702. The Labute approximate surface area is 121 Å². The molecule has 2 aromatic heterocycles. The molecule has 1 atom stereocenters. The van der Waals surface area contributed by atoms with E-state index in [9.17, 15) is 5.11 Å². The first kappa shape index (κ1) is 13.1. The average Bonchev–Trinajstić information content (AvgIpc) is 2.96. The van der Waals surface area contributed by atoms with E-state index in [-0.39, 0.29) is 0 Å². The fourth-order valence-electron chi connectivity index (χ4n) is 2.11. The van der Waals surface area contributed by atoms with Gasteiger partial charge in [0.2, 0.25) is 0 Å². The Hall–Kier alpha value is -1.85. The molecule has 0 radical (unpaired) electrons. The summed E-state index contributed by atoms with van der Waals surface area (Å²) >= 11 is 1.60. The van der Waals surface area contributed by atoms with Crippen molar-refractivity contribution < 1.29 is 9.84 Å². The van der Waals surface area contributed by atoms with Crippen LogP contribution in [0.1, 0.15) is 29.8 Å². The number of hydrogen-bond donors (Lipinski definition) is 1. The van der Waals surface area contributed by atoms with Crippen molar-refractivity contribution in [2.24, 2.45) is 0 Å². The van der Waals surface area contributed by atoms with E-state index in [0.29, 0.717) is 6.61 Å². The van der Waals surface area contributed by atoms with E-state index in [1.54, 1.807) is 18.3 Å². The molecule has 5 heteroatoms. The van der Waals surface area contributed by atoms with E-state index in [1.165, 1.54) is 0 Å². The van der Waals surface area contributed by atoms with E-state index in [2.05, 4.69) is 4.98 Å². The molecule has 3 rings (SSSR count). The van der Waals surface area contributed by atoms with E-state index >= 15 is 0 Å². The summed E-state index contributed by atoms with van der Waals surface area (Å²) in [6.45, 7) is 4.15. The number of thiazole rings is 1. The minimum atomic E-state index is -0.545. The number of aryl methyl sites for hydroxylation is 1. The average molecular weight is 288 g/mol. The quantitative estimate of drug-likeness (QED) is 0.801. The molecule has 0 amide bonds. The Balaban J connectivity index is 1.80. The van der Waals surface area contributed by atoms with Crippen molar-refractivity contribution in [3.8, 4) is 5.75 Å². The summed E-state index contributed by atoms with van der Waals surface area (Å²) in [5.41, 5.74) is 2.79. The third-order valence-electron chi connectivity index (χ3n) is 3.14. The van der Waals surface area contributed by atoms with Crippen molar-refractivity contribution in [2.75, 3.05) is 0 Å². The number of hydrogen-bond acceptors (Lipinski definition) is 4. The van der Waals surface area contributed by atoms with Crippen LogP contribution in [0.2, 0.25) is 0 Å². The van der Waals surface area contributed by atoms with Crippen molar-refractivity contribution in [2.45, 2.75) is 26.6 Å². The molecular formula is C15H16N2O2S. The molecule has 2 heterocycles. The van der Waals surface area contributed by atoms with Gasteiger partial charge in [-0.3, -0.25) is 4.40 Å². The number of aliphatic hydroxyl groups excluding tert-OH is 1. The number of nitrogens with zero attached hydrogens (tertiary/aromatic N) is 2. The number of fused-ring (bicyclic) bond motifs is 1. The van der Waals surface area contributed by atoms with Crippen LogP contribution in [-0.4, -0.2) is 14.5 Å². The maximum absolute atomic E-state index is 9.78. The second-order valence-electron chi connectivity index (χ2n) is 4.83. The van der Waals surface area contributed by atoms with Gasteiger partial charge >= 0.3 is 0 Å². The largest absolute Gasteiger partial charge is 0.487 e. The minimum Gasteiger partial charge on any atom is -0.487 e. The first-order valence-electron chi connectivity index (χ1n) is 6.46. The van der Waals surface area contributed by atoms with Crippen LogP contribution in [0.3, 0.4) is 0 Å². The molecule has 0 aliphatic heterocycles. The highest BCUT2D eigenvalue weighted by Crippen LogP contribution is 2.27. The molecule has 1 aromatic carbocycles. The summed E-state index contributed by atoms with van der Waals surface area (Å²) in [6.07, 6.45) is 3.39. The van der Waals surface area contributed by atoms with E-state index in [0.717, 1.165) is 27.5 Å². The topological polar surface area (TPSA) is 46.8 Å². The summed E-state index contributed by atoms with van der Waals surface area (Å²) in [5, 5.41) is 11.8. The maximum atomic E-state index is 9.78. The van der Waals surface area contributed by atoms with E-state index < -0.39 is 6.10 Å². The van der Waals surface area contributed by atoms with Gasteiger partial charge in [0.25, 0.3) is 0 Å². The zero-order chi connectivity index (χ0) is 14.1. The molecule has 1 N–H and O–H groups in total. The van der Waals surface area contributed by atoms with Crippen molar-refractivity contribution in [1.29, 1.82) is 0 Å². The first-order chi connectivity index (χ1) is 9.63. The number of imidazole rings is 1. The number of aliphatic hydroxyl groups is 1. The second kappa shape index (κ2) is 5.26.